The largest absolute Gasteiger partial charge is 0.345 e. The molecule has 122 valence electrons. The van der Waals surface area contributed by atoms with Gasteiger partial charge in [-0.15, -0.1) is 11.3 Å². The van der Waals surface area contributed by atoms with Crippen LogP contribution >= 0.6 is 11.3 Å². The highest BCUT2D eigenvalue weighted by atomic mass is 32.2. The zero-order valence-electron chi connectivity index (χ0n) is 12.7. The van der Waals surface area contributed by atoms with Gasteiger partial charge in [0.05, 0.1) is 10.9 Å². The summed E-state index contributed by atoms with van der Waals surface area (Å²) in [6, 6.07) is 9.90. The SMILES string of the molecule is C[C@@H](NC(=O)c1ccc(S(=O)(=O)NC2CC2)cc1)c1cccs1. The van der Waals surface area contributed by atoms with E-state index in [1.54, 1.807) is 11.3 Å². The summed E-state index contributed by atoms with van der Waals surface area (Å²) in [7, 11) is -3.48. The molecule has 0 saturated heterocycles. The molecular weight excluding hydrogens is 332 g/mol. The minimum Gasteiger partial charge on any atom is -0.345 e. The second kappa shape index (κ2) is 6.43. The van der Waals surface area contributed by atoms with Crippen LogP contribution in [0.4, 0.5) is 0 Å². The highest BCUT2D eigenvalue weighted by molar-refractivity contribution is 7.89. The van der Waals surface area contributed by atoms with Crippen LogP contribution in [0.5, 0.6) is 0 Å². The van der Waals surface area contributed by atoms with Crippen molar-refractivity contribution in [2.24, 2.45) is 0 Å². The Bertz CT molecular complexity index is 779. The third-order valence-corrected chi connectivity index (χ3v) is 6.23. The standard InChI is InChI=1S/C16H18N2O3S2/c1-11(15-3-2-10-22-15)17-16(19)12-4-8-14(9-5-12)23(20,21)18-13-6-7-13/h2-5,8-11,13,18H,6-7H2,1H3,(H,17,19)/t11-/m1/s1. The molecule has 0 unspecified atom stereocenters. The molecular formula is C16H18N2O3S2. The molecule has 0 spiro atoms. The normalized spacial score (nSPS) is 16.0. The average Bonchev–Trinajstić information content (AvgIpc) is 3.15. The topological polar surface area (TPSA) is 75.3 Å². The van der Waals surface area contributed by atoms with E-state index in [0.717, 1.165) is 17.7 Å². The van der Waals surface area contributed by atoms with Crippen molar-refractivity contribution in [1.29, 1.82) is 0 Å². The maximum Gasteiger partial charge on any atom is 0.251 e. The van der Waals surface area contributed by atoms with Crippen LogP contribution < -0.4 is 10.0 Å². The van der Waals surface area contributed by atoms with Crippen molar-refractivity contribution < 1.29 is 13.2 Å². The van der Waals surface area contributed by atoms with Crippen molar-refractivity contribution >= 4 is 27.3 Å². The first-order valence-corrected chi connectivity index (χ1v) is 9.78. The minimum absolute atomic E-state index is 0.0645. The summed E-state index contributed by atoms with van der Waals surface area (Å²) in [5, 5.41) is 4.87. The van der Waals surface area contributed by atoms with Gasteiger partial charge in [-0.2, -0.15) is 0 Å². The van der Waals surface area contributed by atoms with Crippen molar-refractivity contribution in [2.75, 3.05) is 0 Å². The maximum absolute atomic E-state index is 12.2. The monoisotopic (exact) mass is 350 g/mol. The number of hydrogen-bond acceptors (Lipinski definition) is 4. The highest BCUT2D eigenvalue weighted by Crippen LogP contribution is 2.22. The molecule has 1 amide bonds. The third-order valence-electron chi connectivity index (χ3n) is 3.64. The summed E-state index contributed by atoms with van der Waals surface area (Å²) < 4.78 is 26.8. The van der Waals surface area contributed by atoms with E-state index >= 15 is 0 Å². The first-order valence-electron chi connectivity index (χ1n) is 7.42. The number of carbonyl (C=O) groups is 1. The van der Waals surface area contributed by atoms with Crippen LogP contribution in [0.3, 0.4) is 0 Å². The van der Waals surface area contributed by atoms with E-state index in [0.29, 0.717) is 5.56 Å². The predicted molar refractivity (Wildman–Crippen MR) is 90.0 cm³/mol. The van der Waals surface area contributed by atoms with Crippen LogP contribution in [-0.2, 0) is 10.0 Å². The molecule has 23 heavy (non-hydrogen) atoms. The minimum atomic E-state index is -3.48. The summed E-state index contributed by atoms with van der Waals surface area (Å²) in [4.78, 5) is 13.5. The summed E-state index contributed by atoms with van der Waals surface area (Å²) >= 11 is 1.58. The highest BCUT2D eigenvalue weighted by Gasteiger charge is 2.28. The predicted octanol–water partition coefficient (Wildman–Crippen LogP) is 2.68. The molecule has 1 aliphatic rings. The lowest BCUT2D eigenvalue weighted by Gasteiger charge is -2.12. The zero-order chi connectivity index (χ0) is 16.4. The van der Waals surface area contributed by atoms with Crippen LogP contribution in [0.2, 0.25) is 0 Å². The fraction of sp³-hybridized carbons (Fsp3) is 0.312. The van der Waals surface area contributed by atoms with E-state index in [1.807, 2.05) is 24.4 Å². The summed E-state index contributed by atoms with van der Waals surface area (Å²) in [6.07, 6.45) is 1.78. The Labute approximate surface area is 139 Å². The van der Waals surface area contributed by atoms with E-state index in [4.69, 9.17) is 0 Å². The Morgan fingerprint density at radius 1 is 1.22 bits per heavy atom. The number of hydrogen-bond donors (Lipinski definition) is 2. The average molecular weight is 350 g/mol. The van der Waals surface area contributed by atoms with Gasteiger partial charge in [-0.05, 0) is 55.5 Å². The molecule has 1 aromatic heterocycles. The molecule has 1 atom stereocenters. The Kier molecular flexibility index (Phi) is 4.52. The van der Waals surface area contributed by atoms with Crippen LogP contribution in [0.15, 0.2) is 46.7 Å². The van der Waals surface area contributed by atoms with Crippen molar-refractivity contribution in [3.8, 4) is 0 Å². The van der Waals surface area contributed by atoms with Gasteiger partial charge >= 0.3 is 0 Å². The summed E-state index contributed by atoms with van der Waals surface area (Å²) in [5.74, 6) is -0.218. The third kappa shape index (κ3) is 3.99. The van der Waals surface area contributed by atoms with Crippen LogP contribution in [0.1, 0.15) is 41.0 Å². The quantitative estimate of drug-likeness (QED) is 0.841. The van der Waals surface area contributed by atoms with Gasteiger partial charge in [0.1, 0.15) is 0 Å². The van der Waals surface area contributed by atoms with Gasteiger partial charge in [-0.1, -0.05) is 6.07 Å². The van der Waals surface area contributed by atoms with Crippen molar-refractivity contribution in [3.63, 3.8) is 0 Å². The van der Waals surface area contributed by atoms with E-state index in [9.17, 15) is 13.2 Å². The number of nitrogens with one attached hydrogen (secondary N) is 2. The first kappa shape index (κ1) is 16.2. The maximum atomic E-state index is 12.2. The molecule has 1 aliphatic carbocycles. The lowest BCUT2D eigenvalue weighted by atomic mass is 10.2. The fourth-order valence-electron chi connectivity index (χ4n) is 2.16. The summed E-state index contributed by atoms with van der Waals surface area (Å²) in [5.41, 5.74) is 0.443. The molecule has 5 nitrogen and oxygen atoms in total. The van der Waals surface area contributed by atoms with Gasteiger partial charge in [0.25, 0.3) is 5.91 Å². The van der Waals surface area contributed by atoms with Gasteiger partial charge < -0.3 is 5.32 Å². The summed E-state index contributed by atoms with van der Waals surface area (Å²) in [6.45, 7) is 1.92. The second-order valence-corrected chi connectivity index (χ2v) is 8.32. The Hall–Kier alpha value is -1.70. The smallest absolute Gasteiger partial charge is 0.251 e. The zero-order valence-corrected chi connectivity index (χ0v) is 14.3. The van der Waals surface area contributed by atoms with Crippen LogP contribution in [-0.4, -0.2) is 20.4 Å². The van der Waals surface area contributed by atoms with Crippen LogP contribution in [0, 0.1) is 0 Å². The van der Waals surface area contributed by atoms with E-state index in [2.05, 4.69) is 10.0 Å². The Balaban J connectivity index is 1.67. The number of amides is 1. The molecule has 2 N–H and O–H groups in total. The van der Waals surface area contributed by atoms with Crippen molar-refractivity contribution in [2.45, 2.75) is 36.7 Å². The van der Waals surface area contributed by atoms with Gasteiger partial charge in [0, 0.05) is 16.5 Å². The molecule has 3 rings (SSSR count). The molecule has 1 heterocycles. The molecule has 1 saturated carbocycles. The molecule has 0 aliphatic heterocycles. The van der Waals surface area contributed by atoms with Gasteiger partial charge in [0.15, 0.2) is 0 Å². The van der Waals surface area contributed by atoms with E-state index in [1.165, 1.54) is 24.3 Å². The van der Waals surface area contributed by atoms with Gasteiger partial charge in [-0.25, -0.2) is 13.1 Å². The van der Waals surface area contributed by atoms with Crippen molar-refractivity contribution in [1.82, 2.24) is 10.0 Å². The Morgan fingerprint density at radius 2 is 1.91 bits per heavy atom. The lowest BCUT2D eigenvalue weighted by molar-refractivity contribution is 0.0940. The number of sulfonamides is 1. The first-order chi connectivity index (χ1) is 11.0. The van der Waals surface area contributed by atoms with E-state index in [-0.39, 0.29) is 22.9 Å². The van der Waals surface area contributed by atoms with Crippen LogP contribution in [0.25, 0.3) is 0 Å². The molecule has 1 aromatic carbocycles. The lowest BCUT2D eigenvalue weighted by Crippen LogP contribution is -2.27. The molecule has 1 fully saturated rings. The van der Waals surface area contributed by atoms with Gasteiger partial charge in [0.2, 0.25) is 10.0 Å². The molecule has 2 aromatic rings. The molecule has 7 heteroatoms. The number of carbonyl (C=O) groups excluding carboxylic acids is 1. The Morgan fingerprint density at radius 3 is 2.48 bits per heavy atom. The molecule has 0 radical (unpaired) electrons. The van der Waals surface area contributed by atoms with E-state index < -0.39 is 10.0 Å². The fourth-order valence-corrected chi connectivity index (χ4v) is 4.20. The second-order valence-electron chi connectivity index (χ2n) is 5.63. The van der Waals surface area contributed by atoms with Crippen molar-refractivity contribution in [3.05, 3.63) is 52.2 Å². The van der Waals surface area contributed by atoms with Gasteiger partial charge in [-0.3, -0.25) is 4.79 Å². The number of thiophene rings is 1. The number of rotatable bonds is 6. The molecule has 0 bridgehead atoms. The number of benzene rings is 1.